The Hall–Kier alpha value is -1.48. The summed E-state index contributed by atoms with van der Waals surface area (Å²) in [6.45, 7) is 0. The Morgan fingerprint density at radius 1 is 1.00 bits per heavy atom. The smallest absolute Gasteiger partial charge is 0.0748 e. The van der Waals surface area contributed by atoms with Crippen LogP contribution in [0.1, 0.15) is 0 Å². The summed E-state index contributed by atoms with van der Waals surface area (Å²) in [5.74, 6) is 0. The van der Waals surface area contributed by atoms with Gasteiger partial charge in [-0.05, 0) is 36.4 Å². The van der Waals surface area contributed by atoms with Gasteiger partial charge in [-0.15, -0.1) is 0 Å². The van der Waals surface area contributed by atoms with E-state index in [0.29, 0.717) is 15.1 Å². The normalized spacial score (nSPS) is 11.8. The average molecular weight is 326 g/mol. The highest BCUT2D eigenvalue weighted by Crippen LogP contribution is 2.18. The number of rotatable bonds is 4. The molecule has 0 aliphatic heterocycles. The minimum Gasteiger partial charge on any atom is -0.360 e. The molecule has 102 valence electrons. The summed E-state index contributed by atoms with van der Waals surface area (Å²) < 4.78 is 0. The van der Waals surface area contributed by atoms with Gasteiger partial charge in [-0.25, -0.2) is 0 Å². The molecule has 0 saturated carbocycles. The molecule has 0 heterocycles. The molecule has 1 N–H and O–H groups in total. The number of aliphatic imine (C=N–C) groups is 1. The molecule has 0 bridgehead atoms. The van der Waals surface area contributed by atoms with Crippen molar-refractivity contribution in [2.24, 2.45) is 4.99 Å². The number of nitrogens with one attached hydrogen (secondary N) is 1. The Kier molecular flexibility index (Phi) is 5.48. The third kappa shape index (κ3) is 4.89. The number of benzene rings is 2. The van der Waals surface area contributed by atoms with Crippen LogP contribution < -0.4 is 5.32 Å². The molecule has 5 heteroatoms. The third-order valence-electron chi connectivity index (χ3n) is 2.35. The van der Waals surface area contributed by atoms with Gasteiger partial charge < -0.3 is 5.32 Å². The summed E-state index contributed by atoms with van der Waals surface area (Å²) in [5.41, 5.74) is 1.60. The predicted molar refractivity (Wildman–Crippen MR) is 88.6 cm³/mol. The summed E-state index contributed by atoms with van der Waals surface area (Å²) in [6.07, 6.45) is 3.19. The van der Waals surface area contributed by atoms with Crippen molar-refractivity contribution in [1.29, 1.82) is 0 Å². The van der Waals surface area contributed by atoms with Crippen molar-refractivity contribution in [3.63, 3.8) is 0 Å². The molecular weight excluding hydrogens is 315 g/mol. The van der Waals surface area contributed by atoms with E-state index < -0.39 is 0 Å². The van der Waals surface area contributed by atoms with Crippen molar-refractivity contribution in [2.45, 2.75) is 0 Å². The first kappa shape index (κ1) is 14.9. The standard InChI is InChI=1S/C15H11Cl3N2/c16-11-3-1-5-14(7-11)19-9-13(18)10-20-15-6-2-4-12(17)8-15/h1-10,19H/b13-9-,20-10?. The van der Waals surface area contributed by atoms with E-state index in [0.717, 1.165) is 11.4 Å². The molecule has 2 nitrogen and oxygen atoms in total. The van der Waals surface area contributed by atoms with Crippen molar-refractivity contribution in [3.8, 4) is 0 Å². The molecule has 2 aromatic carbocycles. The van der Waals surface area contributed by atoms with E-state index in [9.17, 15) is 0 Å². The first-order valence-corrected chi connectivity index (χ1v) is 6.94. The first-order chi connectivity index (χ1) is 9.63. The summed E-state index contributed by atoms with van der Waals surface area (Å²) in [4.78, 5) is 4.22. The summed E-state index contributed by atoms with van der Waals surface area (Å²) in [7, 11) is 0. The SMILES string of the molecule is Cl/C(C=Nc1cccc(Cl)c1)=C\Nc1cccc(Cl)c1. The molecule has 0 saturated heterocycles. The number of allylic oxidation sites excluding steroid dienone is 1. The Labute approximate surface area is 132 Å². The number of anilines is 1. The molecule has 0 unspecified atom stereocenters. The van der Waals surface area contributed by atoms with Gasteiger partial charge in [0.1, 0.15) is 0 Å². The van der Waals surface area contributed by atoms with Crippen molar-refractivity contribution < 1.29 is 0 Å². The number of hydrogen-bond donors (Lipinski definition) is 1. The molecule has 0 aliphatic rings. The maximum atomic E-state index is 6.04. The van der Waals surface area contributed by atoms with Gasteiger partial charge in [0, 0.05) is 28.1 Å². The Balaban J connectivity index is 2.00. The molecule has 2 rings (SSSR count). The van der Waals surface area contributed by atoms with Gasteiger partial charge in [0.05, 0.1) is 10.7 Å². The molecule has 0 amide bonds. The van der Waals surface area contributed by atoms with Gasteiger partial charge in [0.15, 0.2) is 0 Å². The third-order valence-corrected chi connectivity index (χ3v) is 3.02. The van der Waals surface area contributed by atoms with Crippen LogP contribution >= 0.6 is 34.8 Å². The lowest BCUT2D eigenvalue weighted by atomic mass is 10.3. The second-order valence-corrected chi connectivity index (χ2v) is 5.23. The lowest BCUT2D eigenvalue weighted by molar-refractivity contribution is 1.53. The van der Waals surface area contributed by atoms with Crippen LogP contribution in [0.4, 0.5) is 11.4 Å². The second-order valence-electron chi connectivity index (χ2n) is 3.92. The van der Waals surface area contributed by atoms with Crippen molar-refractivity contribution in [3.05, 3.63) is 69.8 Å². The minimum atomic E-state index is 0.463. The van der Waals surface area contributed by atoms with Crippen LogP contribution in [0.3, 0.4) is 0 Å². The van der Waals surface area contributed by atoms with Crippen LogP contribution in [-0.2, 0) is 0 Å². The fourth-order valence-corrected chi connectivity index (χ4v) is 1.94. The lowest BCUT2D eigenvalue weighted by Crippen LogP contribution is -1.89. The molecule has 0 radical (unpaired) electrons. The first-order valence-electron chi connectivity index (χ1n) is 5.81. The average Bonchev–Trinajstić information content (AvgIpc) is 2.43. The summed E-state index contributed by atoms with van der Waals surface area (Å²) in [6, 6.07) is 14.6. The Bertz CT molecular complexity index is 651. The van der Waals surface area contributed by atoms with Crippen LogP contribution in [0, 0.1) is 0 Å². The predicted octanol–water partition coefficient (Wildman–Crippen LogP) is 5.89. The van der Waals surface area contributed by atoms with E-state index in [-0.39, 0.29) is 0 Å². The highest BCUT2D eigenvalue weighted by molar-refractivity contribution is 6.39. The Morgan fingerprint density at radius 3 is 2.40 bits per heavy atom. The highest BCUT2D eigenvalue weighted by atomic mass is 35.5. The maximum Gasteiger partial charge on any atom is 0.0748 e. The zero-order valence-corrected chi connectivity index (χ0v) is 12.6. The van der Waals surface area contributed by atoms with Gasteiger partial charge in [-0.2, -0.15) is 0 Å². The van der Waals surface area contributed by atoms with Crippen LogP contribution in [0.25, 0.3) is 0 Å². The molecule has 0 aliphatic carbocycles. The summed E-state index contributed by atoms with van der Waals surface area (Å²) >= 11 is 17.8. The van der Waals surface area contributed by atoms with E-state index >= 15 is 0 Å². The van der Waals surface area contributed by atoms with Crippen molar-refractivity contribution in [2.75, 3.05) is 5.32 Å². The molecule has 2 aromatic rings. The van der Waals surface area contributed by atoms with Crippen molar-refractivity contribution >= 4 is 52.4 Å². The minimum absolute atomic E-state index is 0.463. The van der Waals surface area contributed by atoms with Crippen LogP contribution in [0.2, 0.25) is 10.0 Å². The molecule has 0 atom stereocenters. The summed E-state index contributed by atoms with van der Waals surface area (Å²) in [5, 5.41) is 4.80. The molecule has 0 aromatic heterocycles. The Morgan fingerprint density at radius 2 is 1.70 bits per heavy atom. The monoisotopic (exact) mass is 324 g/mol. The topological polar surface area (TPSA) is 24.4 Å². The zero-order chi connectivity index (χ0) is 14.4. The molecule has 0 fully saturated rings. The van der Waals surface area contributed by atoms with E-state index in [4.69, 9.17) is 34.8 Å². The molecule has 20 heavy (non-hydrogen) atoms. The fraction of sp³-hybridized carbons (Fsp3) is 0. The van der Waals surface area contributed by atoms with E-state index in [2.05, 4.69) is 10.3 Å². The number of halogens is 3. The largest absolute Gasteiger partial charge is 0.360 e. The van der Waals surface area contributed by atoms with Gasteiger partial charge in [-0.3, -0.25) is 4.99 Å². The number of nitrogens with zero attached hydrogens (tertiary/aromatic N) is 1. The maximum absolute atomic E-state index is 6.04. The van der Waals surface area contributed by atoms with Crippen LogP contribution in [-0.4, -0.2) is 6.21 Å². The van der Waals surface area contributed by atoms with E-state index in [1.807, 2.05) is 24.3 Å². The quantitative estimate of drug-likeness (QED) is 0.697. The van der Waals surface area contributed by atoms with Crippen LogP contribution in [0.15, 0.2) is 64.8 Å². The van der Waals surface area contributed by atoms with Gasteiger partial charge in [-0.1, -0.05) is 46.9 Å². The molecular formula is C15H11Cl3N2. The lowest BCUT2D eigenvalue weighted by Gasteiger charge is -2.01. The van der Waals surface area contributed by atoms with Gasteiger partial charge >= 0.3 is 0 Å². The second kappa shape index (κ2) is 7.34. The van der Waals surface area contributed by atoms with Gasteiger partial charge in [0.25, 0.3) is 0 Å². The zero-order valence-electron chi connectivity index (χ0n) is 10.4. The van der Waals surface area contributed by atoms with E-state index in [1.54, 1.807) is 36.7 Å². The van der Waals surface area contributed by atoms with Crippen LogP contribution in [0.5, 0.6) is 0 Å². The molecule has 0 spiro atoms. The van der Waals surface area contributed by atoms with Gasteiger partial charge in [0.2, 0.25) is 0 Å². The highest BCUT2D eigenvalue weighted by Gasteiger charge is 1.93. The van der Waals surface area contributed by atoms with E-state index in [1.165, 1.54) is 0 Å². The fourth-order valence-electron chi connectivity index (χ4n) is 1.46. The number of hydrogen-bond acceptors (Lipinski definition) is 2. The van der Waals surface area contributed by atoms with Crippen molar-refractivity contribution in [1.82, 2.24) is 0 Å².